The molecule has 0 aromatic heterocycles. The second-order valence-corrected chi connectivity index (χ2v) is 4.08. The minimum Gasteiger partial charge on any atom is -0.481 e. The molecule has 0 fully saturated rings. The van der Waals surface area contributed by atoms with E-state index < -0.39 is 24.0 Å². The Labute approximate surface area is 99.6 Å². The summed E-state index contributed by atoms with van der Waals surface area (Å²) in [4.78, 5) is 31.9. The summed E-state index contributed by atoms with van der Waals surface area (Å²) >= 11 is 0. The molecule has 0 saturated heterocycles. The molecule has 6 nitrogen and oxygen atoms in total. The van der Waals surface area contributed by atoms with Gasteiger partial charge in [-0.15, -0.1) is 0 Å². The van der Waals surface area contributed by atoms with E-state index in [4.69, 9.17) is 10.2 Å². The SMILES string of the molecule is CC(CO)(CCCCC(=O)O)C(=O)OCC=O. The van der Waals surface area contributed by atoms with Gasteiger partial charge in [0.25, 0.3) is 0 Å². The molecule has 0 radical (unpaired) electrons. The molecule has 0 rings (SSSR count). The molecule has 0 aliphatic rings. The lowest BCUT2D eigenvalue weighted by atomic mass is 9.85. The van der Waals surface area contributed by atoms with Crippen molar-refractivity contribution in [2.24, 2.45) is 5.41 Å². The summed E-state index contributed by atoms with van der Waals surface area (Å²) in [5.41, 5.74) is -1.07. The molecule has 0 spiro atoms. The summed E-state index contributed by atoms with van der Waals surface area (Å²) in [6.45, 7) is 0.808. The molecule has 0 amide bonds. The van der Waals surface area contributed by atoms with Crippen LogP contribution in [0, 0.1) is 5.41 Å². The second-order valence-electron chi connectivity index (χ2n) is 4.08. The standard InChI is InChI=1S/C11H18O6/c1-11(8-13,10(16)17-7-6-12)5-3-2-4-9(14)15/h6,13H,2-5,7-8H2,1H3,(H,14,15). The summed E-state index contributed by atoms with van der Waals surface area (Å²) in [5.74, 6) is -1.53. The van der Waals surface area contributed by atoms with E-state index in [1.54, 1.807) is 0 Å². The van der Waals surface area contributed by atoms with Crippen molar-refractivity contribution in [2.45, 2.75) is 32.6 Å². The van der Waals surface area contributed by atoms with E-state index in [1.165, 1.54) is 6.92 Å². The van der Waals surface area contributed by atoms with E-state index in [-0.39, 0.29) is 13.0 Å². The number of aliphatic hydroxyl groups is 1. The van der Waals surface area contributed by atoms with Gasteiger partial charge < -0.3 is 14.9 Å². The molecule has 0 aliphatic heterocycles. The van der Waals surface area contributed by atoms with Crippen LogP contribution < -0.4 is 0 Å². The number of ether oxygens (including phenoxy) is 1. The Kier molecular flexibility index (Phi) is 7.13. The van der Waals surface area contributed by atoms with E-state index in [0.717, 1.165) is 0 Å². The summed E-state index contributed by atoms with van der Waals surface area (Å²) < 4.78 is 4.64. The highest BCUT2D eigenvalue weighted by atomic mass is 16.5. The van der Waals surface area contributed by atoms with Crippen molar-refractivity contribution in [3.63, 3.8) is 0 Å². The van der Waals surface area contributed by atoms with Gasteiger partial charge in [-0.1, -0.05) is 6.42 Å². The largest absolute Gasteiger partial charge is 0.481 e. The van der Waals surface area contributed by atoms with Gasteiger partial charge in [0.15, 0.2) is 6.29 Å². The Morgan fingerprint density at radius 2 is 2.00 bits per heavy atom. The van der Waals surface area contributed by atoms with E-state index in [9.17, 15) is 14.4 Å². The number of carboxylic acids is 1. The van der Waals surface area contributed by atoms with Crippen LogP contribution in [0.5, 0.6) is 0 Å². The van der Waals surface area contributed by atoms with Gasteiger partial charge in [0.1, 0.15) is 6.61 Å². The predicted octanol–water partition coefficient (Wildman–Crippen LogP) is 0.372. The molecule has 0 aromatic carbocycles. The van der Waals surface area contributed by atoms with Crippen LogP contribution >= 0.6 is 0 Å². The van der Waals surface area contributed by atoms with Gasteiger partial charge in [-0.2, -0.15) is 0 Å². The number of aldehydes is 1. The lowest BCUT2D eigenvalue weighted by Crippen LogP contribution is -2.34. The van der Waals surface area contributed by atoms with Crippen molar-refractivity contribution >= 4 is 18.2 Å². The smallest absolute Gasteiger partial charge is 0.314 e. The maximum Gasteiger partial charge on any atom is 0.314 e. The monoisotopic (exact) mass is 246 g/mol. The Bertz CT molecular complexity index is 275. The van der Waals surface area contributed by atoms with Crippen LogP contribution in [0.15, 0.2) is 0 Å². The number of esters is 1. The first-order valence-electron chi connectivity index (χ1n) is 5.40. The van der Waals surface area contributed by atoms with Crippen LogP contribution in [0.4, 0.5) is 0 Å². The molecule has 1 unspecified atom stereocenters. The van der Waals surface area contributed by atoms with Crippen molar-refractivity contribution in [1.82, 2.24) is 0 Å². The molecular weight excluding hydrogens is 228 g/mol. The number of hydrogen-bond donors (Lipinski definition) is 2. The minimum absolute atomic E-state index is 0.0326. The van der Waals surface area contributed by atoms with Crippen molar-refractivity contribution in [2.75, 3.05) is 13.2 Å². The molecule has 0 heterocycles. The van der Waals surface area contributed by atoms with Crippen molar-refractivity contribution in [3.05, 3.63) is 0 Å². The van der Waals surface area contributed by atoms with Gasteiger partial charge in [-0.25, -0.2) is 0 Å². The maximum atomic E-state index is 11.5. The van der Waals surface area contributed by atoms with Gasteiger partial charge in [-0.05, 0) is 19.8 Å². The number of aliphatic carboxylic acids is 1. The molecule has 0 saturated carbocycles. The van der Waals surface area contributed by atoms with Gasteiger partial charge in [0.2, 0.25) is 0 Å². The number of aliphatic hydroxyl groups excluding tert-OH is 1. The number of carbonyl (C=O) groups is 3. The van der Waals surface area contributed by atoms with Crippen LogP contribution in [-0.4, -0.2) is 41.7 Å². The third kappa shape index (κ3) is 6.01. The Hall–Kier alpha value is -1.43. The lowest BCUT2D eigenvalue weighted by molar-refractivity contribution is -0.159. The zero-order chi connectivity index (χ0) is 13.3. The van der Waals surface area contributed by atoms with Gasteiger partial charge in [0.05, 0.1) is 12.0 Å². The fourth-order valence-corrected chi connectivity index (χ4v) is 1.32. The van der Waals surface area contributed by atoms with Crippen LogP contribution in [0.2, 0.25) is 0 Å². The first-order valence-corrected chi connectivity index (χ1v) is 5.40. The summed E-state index contributed by atoms with van der Waals surface area (Å²) in [6.07, 6.45) is 1.75. The quantitative estimate of drug-likeness (QED) is 0.346. The number of carbonyl (C=O) groups excluding carboxylic acids is 2. The highest BCUT2D eigenvalue weighted by molar-refractivity contribution is 5.77. The third-order valence-electron chi connectivity index (χ3n) is 2.49. The topological polar surface area (TPSA) is 101 Å². The number of carboxylic acid groups (broad SMARTS) is 1. The van der Waals surface area contributed by atoms with Crippen LogP contribution in [-0.2, 0) is 19.1 Å². The normalized spacial score (nSPS) is 13.8. The van der Waals surface area contributed by atoms with E-state index >= 15 is 0 Å². The van der Waals surface area contributed by atoms with Crippen LogP contribution in [0.25, 0.3) is 0 Å². The fraction of sp³-hybridized carbons (Fsp3) is 0.727. The zero-order valence-electron chi connectivity index (χ0n) is 9.85. The molecule has 17 heavy (non-hydrogen) atoms. The minimum atomic E-state index is -1.07. The summed E-state index contributed by atoms with van der Waals surface area (Å²) in [5, 5.41) is 17.6. The highest BCUT2D eigenvalue weighted by Gasteiger charge is 2.33. The van der Waals surface area contributed by atoms with Crippen molar-refractivity contribution < 1.29 is 29.3 Å². The van der Waals surface area contributed by atoms with Gasteiger partial charge in [-0.3, -0.25) is 14.4 Å². The molecule has 1 atom stereocenters. The van der Waals surface area contributed by atoms with E-state index in [0.29, 0.717) is 25.5 Å². The molecule has 0 bridgehead atoms. The third-order valence-corrected chi connectivity index (χ3v) is 2.49. The lowest BCUT2D eigenvalue weighted by Gasteiger charge is -2.24. The maximum absolute atomic E-state index is 11.5. The molecule has 98 valence electrons. The molecular formula is C11H18O6. The number of rotatable bonds is 9. The second kappa shape index (κ2) is 7.78. The average Bonchev–Trinajstić information content (AvgIpc) is 2.31. The molecule has 6 heteroatoms. The average molecular weight is 246 g/mol. The first-order chi connectivity index (χ1) is 7.96. The zero-order valence-corrected chi connectivity index (χ0v) is 9.85. The van der Waals surface area contributed by atoms with Crippen molar-refractivity contribution in [3.8, 4) is 0 Å². The molecule has 0 aliphatic carbocycles. The number of unbranched alkanes of at least 4 members (excludes halogenated alkanes) is 1. The summed E-state index contributed by atoms with van der Waals surface area (Å²) in [6, 6.07) is 0. The Morgan fingerprint density at radius 3 is 2.47 bits per heavy atom. The predicted molar refractivity (Wildman–Crippen MR) is 58.3 cm³/mol. The highest BCUT2D eigenvalue weighted by Crippen LogP contribution is 2.25. The van der Waals surface area contributed by atoms with Crippen LogP contribution in [0.3, 0.4) is 0 Å². The van der Waals surface area contributed by atoms with E-state index in [1.807, 2.05) is 0 Å². The van der Waals surface area contributed by atoms with Gasteiger partial charge in [0, 0.05) is 6.42 Å². The van der Waals surface area contributed by atoms with E-state index in [2.05, 4.69) is 4.74 Å². The Morgan fingerprint density at radius 1 is 1.35 bits per heavy atom. The van der Waals surface area contributed by atoms with Crippen molar-refractivity contribution in [1.29, 1.82) is 0 Å². The van der Waals surface area contributed by atoms with Gasteiger partial charge >= 0.3 is 11.9 Å². The number of hydrogen-bond acceptors (Lipinski definition) is 5. The Balaban J connectivity index is 4.12. The summed E-state index contributed by atoms with van der Waals surface area (Å²) in [7, 11) is 0. The van der Waals surface area contributed by atoms with Crippen LogP contribution in [0.1, 0.15) is 32.6 Å². The molecule has 0 aromatic rings. The first kappa shape index (κ1) is 15.6. The molecule has 2 N–H and O–H groups in total. The fourth-order valence-electron chi connectivity index (χ4n) is 1.32.